The Hall–Kier alpha value is -3.59. The fourth-order valence-electron chi connectivity index (χ4n) is 3.67. The van der Waals surface area contributed by atoms with Crippen molar-refractivity contribution in [1.29, 1.82) is 0 Å². The molecule has 2 aliphatic heterocycles. The number of para-hydroxylation sites is 2. The second-order valence-electron chi connectivity index (χ2n) is 7.14. The Kier molecular flexibility index (Phi) is 6.86. The van der Waals surface area contributed by atoms with E-state index in [1.165, 1.54) is 0 Å². The van der Waals surface area contributed by atoms with Gasteiger partial charge in [0.05, 0.1) is 16.4 Å². The number of pyridine rings is 1. The van der Waals surface area contributed by atoms with Crippen molar-refractivity contribution in [2.45, 2.75) is 26.7 Å². The maximum absolute atomic E-state index is 6.00. The van der Waals surface area contributed by atoms with Crippen molar-refractivity contribution >= 4 is 11.8 Å². The topological polar surface area (TPSA) is 105 Å². The number of nitrogens with zero attached hydrogens (tertiary/aromatic N) is 7. The maximum Gasteiger partial charge on any atom is 0.220 e. The summed E-state index contributed by atoms with van der Waals surface area (Å²) in [7, 11) is 0. The minimum atomic E-state index is -0.132. The lowest BCUT2D eigenvalue weighted by Crippen LogP contribution is -2.49. The zero-order valence-electron chi connectivity index (χ0n) is 18.4. The molecule has 0 aliphatic carbocycles. The van der Waals surface area contributed by atoms with E-state index in [9.17, 15) is 0 Å². The molecule has 5 rings (SSSR count). The SMILES string of the molecule is CC.Nc1nccc(COc2cccnc2N2CCN(C3N=c4ccccc4=N3)CC2)n1. The minimum absolute atomic E-state index is 0.132. The van der Waals surface area contributed by atoms with Crippen molar-refractivity contribution < 1.29 is 4.74 Å². The van der Waals surface area contributed by atoms with Crippen LogP contribution in [0.25, 0.3) is 0 Å². The normalized spacial score (nSPS) is 15.8. The molecule has 0 spiro atoms. The Balaban J connectivity index is 0.00000119. The summed E-state index contributed by atoms with van der Waals surface area (Å²) in [6.07, 6.45) is 3.28. The molecule has 2 aliphatic rings. The molecular formula is C23H28N8O. The predicted molar refractivity (Wildman–Crippen MR) is 123 cm³/mol. The fourth-order valence-corrected chi connectivity index (χ4v) is 3.67. The van der Waals surface area contributed by atoms with Crippen LogP contribution in [0.5, 0.6) is 5.75 Å². The van der Waals surface area contributed by atoms with Crippen molar-refractivity contribution in [3.05, 3.63) is 71.3 Å². The van der Waals surface area contributed by atoms with Gasteiger partial charge in [-0.1, -0.05) is 26.0 Å². The number of piperazine rings is 1. The lowest BCUT2D eigenvalue weighted by molar-refractivity contribution is 0.193. The number of nitrogen functional groups attached to an aromatic ring is 1. The second kappa shape index (κ2) is 10.1. The number of anilines is 2. The second-order valence-corrected chi connectivity index (χ2v) is 7.14. The number of fused-ring (bicyclic) bond motifs is 1. The quantitative estimate of drug-likeness (QED) is 0.650. The van der Waals surface area contributed by atoms with Crippen LogP contribution < -0.4 is 26.1 Å². The van der Waals surface area contributed by atoms with Crippen LogP contribution in [0.15, 0.2) is 64.8 Å². The number of aromatic nitrogens is 3. The lowest BCUT2D eigenvalue weighted by atomic mass is 10.3. The average Bonchev–Trinajstić information content (AvgIpc) is 3.29. The molecule has 1 fully saturated rings. The van der Waals surface area contributed by atoms with Crippen molar-refractivity contribution in [2.75, 3.05) is 36.8 Å². The van der Waals surface area contributed by atoms with Crippen LogP contribution in [0.2, 0.25) is 0 Å². The van der Waals surface area contributed by atoms with Gasteiger partial charge in [-0.2, -0.15) is 0 Å². The van der Waals surface area contributed by atoms with Gasteiger partial charge in [-0.25, -0.2) is 24.9 Å². The molecule has 1 saturated heterocycles. The standard InChI is InChI=1S/C21H22N8O.C2H6/c22-20-24-9-7-15(25-20)14-30-18-6-3-8-23-19(18)28-10-12-29(13-11-28)21-26-16-4-1-2-5-17(16)27-21;1-2/h1-9,21H,10-14H2,(H2,22,24,25);1-2H3. The van der Waals surface area contributed by atoms with Crippen molar-refractivity contribution in [3.63, 3.8) is 0 Å². The highest BCUT2D eigenvalue weighted by Crippen LogP contribution is 2.27. The first-order chi connectivity index (χ1) is 15.8. The summed E-state index contributed by atoms with van der Waals surface area (Å²) in [4.78, 5) is 26.7. The number of ether oxygens (including phenoxy) is 1. The summed E-state index contributed by atoms with van der Waals surface area (Å²) in [6.45, 7) is 7.66. The van der Waals surface area contributed by atoms with Crippen LogP contribution in [-0.2, 0) is 6.61 Å². The highest BCUT2D eigenvalue weighted by Gasteiger charge is 2.26. The van der Waals surface area contributed by atoms with Gasteiger partial charge in [0.15, 0.2) is 17.9 Å². The Morgan fingerprint density at radius 1 is 0.906 bits per heavy atom. The third kappa shape index (κ3) is 4.83. The third-order valence-electron chi connectivity index (χ3n) is 5.19. The van der Waals surface area contributed by atoms with Gasteiger partial charge in [-0.05, 0) is 30.3 Å². The lowest BCUT2D eigenvalue weighted by Gasteiger charge is -2.36. The molecule has 32 heavy (non-hydrogen) atoms. The van der Waals surface area contributed by atoms with Crippen molar-refractivity contribution in [2.24, 2.45) is 9.98 Å². The molecule has 4 heterocycles. The first kappa shape index (κ1) is 21.6. The van der Waals surface area contributed by atoms with Crippen LogP contribution in [0.1, 0.15) is 19.5 Å². The van der Waals surface area contributed by atoms with Gasteiger partial charge >= 0.3 is 0 Å². The zero-order valence-corrected chi connectivity index (χ0v) is 18.4. The average molecular weight is 433 g/mol. The van der Waals surface area contributed by atoms with E-state index in [1.807, 2.05) is 50.2 Å². The number of hydrogen-bond donors (Lipinski definition) is 1. The number of rotatable bonds is 5. The van der Waals surface area contributed by atoms with Gasteiger partial charge in [-0.3, -0.25) is 4.90 Å². The Morgan fingerprint density at radius 2 is 1.62 bits per heavy atom. The smallest absolute Gasteiger partial charge is 0.220 e. The summed E-state index contributed by atoms with van der Waals surface area (Å²) < 4.78 is 6.00. The van der Waals surface area contributed by atoms with Gasteiger partial charge in [0, 0.05) is 38.6 Å². The number of nitrogens with two attached hydrogens (primary N) is 1. The summed E-state index contributed by atoms with van der Waals surface area (Å²) in [5.41, 5.74) is 6.38. The van der Waals surface area contributed by atoms with Gasteiger partial charge < -0.3 is 15.4 Å². The maximum atomic E-state index is 6.00. The van der Waals surface area contributed by atoms with Gasteiger partial charge in [0.2, 0.25) is 5.95 Å². The summed E-state index contributed by atoms with van der Waals surface area (Å²) >= 11 is 0. The molecule has 2 aromatic heterocycles. The third-order valence-corrected chi connectivity index (χ3v) is 5.19. The molecule has 0 unspecified atom stereocenters. The zero-order chi connectivity index (χ0) is 22.3. The molecule has 0 bridgehead atoms. The first-order valence-corrected chi connectivity index (χ1v) is 10.9. The largest absolute Gasteiger partial charge is 0.483 e. The number of benzene rings is 1. The van der Waals surface area contributed by atoms with E-state index in [1.54, 1.807) is 18.5 Å². The van der Waals surface area contributed by atoms with E-state index in [4.69, 9.17) is 20.5 Å². The van der Waals surface area contributed by atoms with Gasteiger partial charge in [0.25, 0.3) is 0 Å². The molecule has 9 nitrogen and oxygen atoms in total. The van der Waals surface area contributed by atoms with Crippen LogP contribution >= 0.6 is 0 Å². The molecule has 0 radical (unpaired) electrons. The highest BCUT2D eigenvalue weighted by molar-refractivity contribution is 5.52. The predicted octanol–water partition coefficient (Wildman–Crippen LogP) is 1.42. The summed E-state index contributed by atoms with van der Waals surface area (Å²) in [5, 5.41) is 1.94. The fraction of sp³-hybridized carbons (Fsp3) is 0.348. The van der Waals surface area contributed by atoms with Crippen LogP contribution in [-0.4, -0.2) is 52.3 Å². The molecule has 1 aromatic carbocycles. The van der Waals surface area contributed by atoms with E-state index in [-0.39, 0.29) is 12.2 Å². The molecule has 3 aromatic rings. The van der Waals surface area contributed by atoms with Crippen LogP contribution in [0.4, 0.5) is 11.8 Å². The molecule has 0 saturated carbocycles. The van der Waals surface area contributed by atoms with E-state index < -0.39 is 0 Å². The molecule has 2 N–H and O–H groups in total. The van der Waals surface area contributed by atoms with Gasteiger partial charge in [-0.15, -0.1) is 0 Å². The van der Waals surface area contributed by atoms with Crippen LogP contribution in [0, 0.1) is 0 Å². The van der Waals surface area contributed by atoms with Crippen molar-refractivity contribution in [1.82, 2.24) is 19.9 Å². The van der Waals surface area contributed by atoms with E-state index in [2.05, 4.69) is 24.8 Å². The highest BCUT2D eigenvalue weighted by atomic mass is 16.5. The number of hydrogen-bond acceptors (Lipinski definition) is 9. The Labute approximate surface area is 187 Å². The van der Waals surface area contributed by atoms with Crippen molar-refractivity contribution in [3.8, 4) is 5.75 Å². The molecular weight excluding hydrogens is 404 g/mol. The Bertz CT molecular complexity index is 1130. The first-order valence-electron chi connectivity index (χ1n) is 10.9. The van der Waals surface area contributed by atoms with E-state index >= 15 is 0 Å². The monoisotopic (exact) mass is 432 g/mol. The molecule has 166 valence electrons. The van der Waals surface area contributed by atoms with Gasteiger partial charge in [0.1, 0.15) is 6.61 Å². The van der Waals surface area contributed by atoms with Crippen LogP contribution in [0.3, 0.4) is 0 Å². The molecule has 9 heteroatoms. The molecule has 0 amide bonds. The molecule has 0 atom stereocenters. The minimum Gasteiger partial charge on any atom is -0.483 e. The summed E-state index contributed by atoms with van der Waals surface area (Å²) in [6, 6.07) is 13.6. The van der Waals surface area contributed by atoms with E-state index in [0.29, 0.717) is 6.61 Å². The van der Waals surface area contributed by atoms with E-state index in [0.717, 1.165) is 54.2 Å². The Morgan fingerprint density at radius 3 is 2.31 bits per heavy atom. The summed E-state index contributed by atoms with van der Waals surface area (Å²) in [5.74, 6) is 1.80.